The number of carbonyl (C=O) groups is 1. The number of benzene rings is 2. The molecular weight excluding hydrogens is 521 g/mol. The summed E-state index contributed by atoms with van der Waals surface area (Å²) in [7, 11) is 0. The Bertz CT molecular complexity index is 1440. The van der Waals surface area contributed by atoms with Crippen molar-refractivity contribution in [1.29, 1.82) is 0 Å². The quantitative estimate of drug-likeness (QED) is 0.110. The molecule has 1 fully saturated rings. The van der Waals surface area contributed by atoms with E-state index in [0.29, 0.717) is 10.9 Å². The van der Waals surface area contributed by atoms with Crippen LogP contribution in [0.3, 0.4) is 0 Å². The normalized spacial score (nSPS) is 19.1. The fraction of sp³-hybridized carbons (Fsp3) is 0.438. The zero-order chi connectivity index (χ0) is 29.0. The second-order valence-electron chi connectivity index (χ2n) is 10.5. The van der Waals surface area contributed by atoms with Gasteiger partial charge >= 0.3 is 17.8 Å². The van der Waals surface area contributed by atoms with Gasteiger partial charge in [-0.15, -0.1) is 0 Å². The molecule has 0 N–H and O–H groups in total. The Morgan fingerprint density at radius 3 is 2.45 bits per heavy atom. The summed E-state index contributed by atoms with van der Waals surface area (Å²) in [4.78, 5) is 24.9. The van der Waals surface area contributed by atoms with Gasteiger partial charge in [0, 0.05) is 17.0 Å². The number of ether oxygens (including phenoxy) is 2. The van der Waals surface area contributed by atoms with E-state index >= 15 is 0 Å². The summed E-state index contributed by atoms with van der Waals surface area (Å²) in [5, 5.41) is 0.628. The summed E-state index contributed by atoms with van der Waals surface area (Å²) in [5.74, 6) is -2.71. The molecule has 5 nitrogen and oxygen atoms in total. The molecular formula is C32H35F3O5. The zero-order valence-corrected chi connectivity index (χ0v) is 23.1. The molecule has 0 saturated heterocycles. The molecule has 1 aromatic heterocycles. The van der Waals surface area contributed by atoms with Gasteiger partial charge in [-0.2, -0.15) is 13.2 Å². The summed E-state index contributed by atoms with van der Waals surface area (Å²) in [6.07, 6.45) is -2.01. The van der Waals surface area contributed by atoms with Gasteiger partial charge in [-0.3, -0.25) is 0 Å². The molecule has 3 atom stereocenters. The van der Waals surface area contributed by atoms with Crippen LogP contribution >= 0.6 is 0 Å². The van der Waals surface area contributed by atoms with Crippen LogP contribution in [-0.2, 0) is 22.4 Å². The summed E-state index contributed by atoms with van der Waals surface area (Å²) in [6.45, 7) is 9.03. The first-order valence-electron chi connectivity index (χ1n) is 13.8. The van der Waals surface area contributed by atoms with Gasteiger partial charge in [0.15, 0.2) is 0 Å². The van der Waals surface area contributed by atoms with Gasteiger partial charge in [-0.1, -0.05) is 51.5 Å². The van der Waals surface area contributed by atoms with Crippen LogP contribution in [0, 0.1) is 5.92 Å². The minimum Gasteiger partial charge on any atom is -0.489 e. The maximum absolute atomic E-state index is 13.9. The first kappa shape index (κ1) is 29.4. The number of rotatable bonds is 10. The van der Waals surface area contributed by atoms with E-state index in [9.17, 15) is 22.8 Å². The van der Waals surface area contributed by atoms with Gasteiger partial charge in [0.1, 0.15) is 29.5 Å². The van der Waals surface area contributed by atoms with E-state index in [1.807, 2.05) is 19.1 Å². The second kappa shape index (κ2) is 12.3. The molecule has 1 saturated carbocycles. The van der Waals surface area contributed by atoms with E-state index in [0.717, 1.165) is 36.8 Å². The molecule has 214 valence electrons. The maximum Gasteiger partial charge on any atom is 0.398 e. The van der Waals surface area contributed by atoms with Crippen LogP contribution < -0.4 is 10.4 Å². The predicted molar refractivity (Wildman–Crippen MR) is 148 cm³/mol. The van der Waals surface area contributed by atoms with Gasteiger partial charge in [-0.25, -0.2) is 9.59 Å². The molecule has 1 aliphatic carbocycles. The molecule has 0 radical (unpaired) electrons. The van der Waals surface area contributed by atoms with Crippen molar-refractivity contribution >= 4 is 16.9 Å². The fourth-order valence-corrected chi connectivity index (χ4v) is 5.32. The van der Waals surface area contributed by atoms with E-state index < -0.39 is 35.9 Å². The molecule has 4 rings (SSSR count). The number of fused-ring (bicyclic) bond motifs is 1. The summed E-state index contributed by atoms with van der Waals surface area (Å²) in [6, 6.07) is 12.6. The van der Waals surface area contributed by atoms with Crippen molar-refractivity contribution in [2.24, 2.45) is 5.92 Å². The topological polar surface area (TPSA) is 65.7 Å². The highest BCUT2D eigenvalue weighted by Gasteiger charge is 2.55. The Balaban J connectivity index is 1.58. The average Bonchev–Trinajstić information content (AvgIpc) is 3.30. The lowest BCUT2D eigenvalue weighted by atomic mass is 9.94. The largest absolute Gasteiger partial charge is 0.489 e. The Kier molecular flexibility index (Phi) is 9.06. The van der Waals surface area contributed by atoms with Gasteiger partial charge < -0.3 is 13.9 Å². The molecule has 0 spiro atoms. The SMILES string of the molecule is C=C(C)C(=O)OC1CCC(Oc2ccc3cc(-c4ccc(CCCCC)cc4CC)c(=O)oc3c2)C1C(F)(F)F. The minimum atomic E-state index is -4.64. The molecule has 1 aliphatic rings. The number of esters is 1. The highest BCUT2D eigenvalue weighted by Crippen LogP contribution is 2.43. The Morgan fingerprint density at radius 2 is 1.77 bits per heavy atom. The summed E-state index contributed by atoms with van der Waals surface area (Å²) in [5.41, 5.74) is 3.26. The van der Waals surface area contributed by atoms with E-state index in [-0.39, 0.29) is 29.7 Å². The molecule has 40 heavy (non-hydrogen) atoms. The second-order valence-corrected chi connectivity index (χ2v) is 10.5. The van der Waals surface area contributed by atoms with Crippen molar-refractivity contribution in [2.45, 2.75) is 84.1 Å². The van der Waals surface area contributed by atoms with Crippen molar-refractivity contribution in [2.75, 3.05) is 0 Å². The fourth-order valence-electron chi connectivity index (χ4n) is 5.32. The number of hydrogen-bond donors (Lipinski definition) is 0. The first-order chi connectivity index (χ1) is 19.0. The molecule has 2 aromatic carbocycles. The predicted octanol–water partition coefficient (Wildman–Crippen LogP) is 7.96. The van der Waals surface area contributed by atoms with Gasteiger partial charge in [0.05, 0.1) is 5.56 Å². The summed E-state index contributed by atoms with van der Waals surface area (Å²) >= 11 is 0. The van der Waals surface area contributed by atoms with Gasteiger partial charge in [0.2, 0.25) is 0 Å². The van der Waals surface area contributed by atoms with Crippen molar-refractivity contribution in [3.05, 3.63) is 76.2 Å². The third-order valence-electron chi connectivity index (χ3n) is 7.43. The Morgan fingerprint density at radius 1 is 1.02 bits per heavy atom. The molecule has 0 bridgehead atoms. The first-order valence-corrected chi connectivity index (χ1v) is 13.8. The van der Waals surface area contributed by atoms with Crippen LogP contribution in [0.5, 0.6) is 5.75 Å². The lowest BCUT2D eigenvalue weighted by Crippen LogP contribution is -2.41. The van der Waals surface area contributed by atoms with Crippen molar-refractivity contribution in [3.8, 4) is 16.9 Å². The van der Waals surface area contributed by atoms with Gasteiger partial charge in [-0.05, 0) is 73.9 Å². The highest BCUT2D eigenvalue weighted by atomic mass is 19.4. The lowest BCUT2D eigenvalue weighted by Gasteiger charge is -2.27. The smallest absolute Gasteiger partial charge is 0.398 e. The van der Waals surface area contributed by atoms with Crippen molar-refractivity contribution in [3.63, 3.8) is 0 Å². The molecule has 0 aliphatic heterocycles. The molecule has 3 aromatic rings. The standard InChI is InChI=1S/C32H35F3O5/c1-5-7-8-9-20-10-13-24(21(6-2)16-20)25-17-22-11-12-23(18-28(22)40-31(25)37)38-26-14-15-27(29(26)32(33,34)35)39-30(36)19(3)4/h10-13,16-18,26-27,29H,3,5-9,14-15H2,1-2,4H3. The Hall–Kier alpha value is -3.55. The van der Waals surface area contributed by atoms with Crippen LogP contribution in [0.4, 0.5) is 13.2 Å². The molecule has 3 unspecified atom stereocenters. The van der Waals surface area contributed by atoms with E-state index in [2.05, 4.69) is 19.6 Å². The summed E-state index contributed by atoms with van der Waals surface area (Å²) < 4.78 is 58.2. The monoisotopic (exact) mass is 556 g/mol. The lowest BCUT2D eigenvalue weighted by molar-refractivity contribution is -0.215. The van der Waals surface area contributed by atoms with Crippen LogP contribution in [0.1, 0.15) is 64.0 Å². The van der Waals surface area contributed by atoms with Crippen molar-refractivity contribution in [1.82, 2.24) is 0 Å². The van der Waals surface area contributed by atoms with Crippen LogP contribution in [0.2, 0.25) is 0 Å². The van der Waals surface area contributed by atoms with Gasteiger partial charge in [0.25, 0.3) is 0 Å². The van der Waals surface area contributed by atoms with E-state index in [4.69, 9.17) is 13.9 Å². The average molecular weight is 557 g/mol. The number of carbonyl (C=O) groups excluding carboxylic acids is 1. The number of aryl methyl sites for hydroxylation is 2. The van der Waals surface area contributed by atoms with Crippen LogP contribution in [0.15, 0.2) is 63.8 Å². The number of alkyl halides is 3. The van der Waals surface area contributed by atoms with Crippen molar-refractivity contribution < 1.29 is 31.9 Å². The number of unbranched alkanes of at least 4 members (excludes halogenated alkanes) is 2. The number of hydrogen-bond acceptors (Lipinski definition) is 5. The molecule has 8 heteroatoms. The van der Waals surface area contributed by atoms with Crippen LogP contribution in [-0.4, -0.2) is 24.4 Å². The molecule has 1 heterocycles. The highest BCUT2D eigenvalue weighted by molar-refractivity contribution is 5.87. The minimum absolute atomic E-state index is 0.0110. The number of halogens is 3. The Labute approximate surface area is 232 Å². The third kappa shape index (κ3) is 6.60. The zero-order valence-electron chi connectivity index (χ0n) is 23.1. The molecule has 0 amide bonds. The maximum atomic E-state index is 13.9. The third-order valence-corrected chi connectivity index (χ3v) is 7.43. The van der Waals surface area contributed by atoms with Crippen LogP contribution in [0.25, 0.3) is 22.1 Å². The van der Waals surface area contributed by atoms with E-state index in [1.54, 1.807) is 18.2 Å². The van der Waals surface area contributed by atoms with E-state index in [1.165, 1.54) is 25.0 Å².